The Labute approximate surface area is 149 Å². The van der Waals surface area contributed by atoms with Crippen LogP contribution in [0.25, 0.3) is 11.3 Å². The van der Waals surface area contributed by atoms with E-state index in [-0.39, 0.29) is 5.56 Å². The number of thioether (sulfide) groups is 1. The number of benzene rings is 1. The normalized spacial score (nSPS) is 14.0. The first-order valence-corrected chi connectivity index (χ1v) is 9.30. The first-order chi connectivity index (χ1) is 11.6. The third-order valence-corrected chi connectivity index (χ3v) is 5.33. The first kappa shape index (κ1) is 16.9. The number of rotatable bonds is 3. The summed E-state index contributed by atoms with van der Waals surface area (Å²) in [5.41, 5.74) is 2.57. The Morgan fingerprint density at radius 2 is 2.08 bits per heavy atom. The summed E-state index contributed by atoms with van der Waals surface area (Å²) in [6.45, 7) is 4.02. The Hall–Kier alpha value is -1.97. The molecule has 0 spiro atoms. The van der Waals surface area contributed by atoms with Crippen LogP contribution in [0.3, 0.4) is 0 Å². The molecule has 0 atom stereocenters. The van der Waals surface area contributed by atoms with E-state index in [9.17, 15) is 10.1 Å². The maximum Gasteiger partial charge on any atom is 0.270 e. The maximum atomic E-state index is 12.1. The van der Waals surface area contributed by atoms with E-state index < -0.39 is 5.56 Å². The minimum atomic E-state index is -0.441. The molecular formula is C17H17ClN4OS. The van der Waals surface area contributed by atoms with Crippen LogP contribution >= 0.6 is 23.4 Å². The summed E-state index contributed by atoms with van der Waals surface area (Å²) in [6.07, 6.45) is 4.19. The van der Waals surface area contributed by atoms with Gasteiger partial charge in [-0.1, -0.05) is 23.4 Å². The predicted molar refractivity (Wildman–Crippen MR) is 98.0 cm³/mol. The highest BCUT2D eigenvalue weighted by Gasteiger charge is 2.21. The molecule has 0 saturated carbocycles. The molecule has 1 aromatic carbocycles. The largest absolute Gasteiger partial charge is 0.371 e. The van der Waals surface area contributed by atoms with E-state index in [2.05, 4.69) is 14.9 Å². The van der Waals surface area contributed by atoms with Crippen LogP contribution in [-0.2, 0) is 0 Å². The van der Waals surface area contributed by atoms with Crippen molar-refractivity contribution >= 4 is 29.1 Å². The number of nitriles is 1. The predicted octanol–water partition coefficient (Wildman–Crippen LogP) is 3.59. The van der Waals surface area contributed by atoms with Crippen LogP contribution < -0.4 is 10.5 Å². The van der Waals surface area contributed by atoms with E-state index in [1.54, 1.807) is 0 Å². The van der Waals surface area contributed by atoms with Gasteiger partial charge in [-0.3, -0.25) is 4.79 Å². The zero-order valence-electron chi connectivity index (χ0n) is 13.5. The van der Waals surface area contributed by atoms with Crippen molar-refractivity contribution in [1.29, 1.82) is 5.26 Å². The van der Waals surface area contributed by atoms with Crippen molar-refractivity contribution in [3.05, 3.63) is 38.6 Å². The number of nitrogens with one attached hydrogen (secondary N) is 1. The fourth-order valence-corrected chi connectivity index (χ4v) is 3.63. The average Bonchev–Trinajstić information content (AvgIpc) is 3.10. The summed E-state index contributed by atoms with van der Waals surface area (Å²) in [6, 6.07) is 5.81. The molecule has 2 heterocycles. The highest BCUT2D eigenvalue weighted by molar-refractivity contribution is 7.98. The number of hydrogen-bond acceptors (Lipinski definition) is 5. The van der Waals surface area contributed by atoms with Gasteiger partial charge in [0.15, 0.2) is 5.16 Å². The zero-order valence-corrected chi connectivity index (χ0v) is 15.1. The SMILES string of the molecule is CSc1nc(-c2ccc(N3CCCC3)c(C)c2Cl)c(C#N)c(=O)[nH]1. The molecule has 0 aliphatic carbocycles. The van der Waals surface area contributed by atoms with Crippen molar-refractivity contribution < 1.29 is 0 Å². The van der Waals surface area contributed by atoms with E-state index in [0.29, 0.717) is 21.4 Å². The van der Waals surface area contributed by atoms with Crippen molar-refractivity contribution in [3.63, 3.8) is 0 Å². The average molecular weight is 361 g/mol. The molecule has 1 aliphatic heterocycles. The Balaban J connectivity index is 2.17. The summed E-state index contributed by atoms with van der Waals surface area (Å²) in [7, 11) is 0. The van der Waals surface area contributed by atoms with Gasteiger partial charge in [0, 0.05) is 24.3 Å². The smallest absolute Gasteiger partial charge is 0.270 e. The third-order valence-electron chi connectivity index (χ3n) is 4.26. The number of nitrogens with zero attached hydrogens (tertiary/aromatic N) is 3. The van der Waals surface area contributed by atoms with Crippen molar-refractivity contribution in [2.75, 3.05) is 24.2 Å². The lowest BCUT2D eigenvalue weighted by molar-refractivity contribution is 0.936. The van der Waals surface area contributed by atoms with Crippen molar-refractivity contribution in [2.24, 2.45) is 0 Å². The molecule has 5 nitrogen and oxygen atoms in total. The Kier molecular flexibility index (Phi) is 4.83. The van der Waals surface area contributed by atoms with Gasteiger partial charge in [-0.2, -0.15) is 5.26 Å². The molecule has 3 rings (SSSR count). The van der Waals surface area contributed by atoms with E-state index in [1.807, 2.05) is 31.4 Å². The Morgan fingerprint density at radius 1 is 1.38 bits per heavy atom. The van der Waals surface area contributed by atoms with Crippen LogP contribution in [0.1, 0.15) is 24.0 Å². The van der Waals surface area contributed by atoms with Gasteiger partial charge in [0.25, 0.3) is 5.56 Å². The number of aromatic amines is 1. The number of hydrogen-bond donors (Lipinski definition) is 1. The minimum absolute atomic E-state index is 0.0111. The first-order valence-electron chi connectivity index (χ1n) is 7.69. The van der Waals surface area contributed by atoms with Crippen LogP contribution in [-0.4, -0.2) is 29.3 Å². The zero-order chi connectivity index (χ0) is 17.3. The van der Waals surface area contributed by atoms with Gasteiger partial charge >= 0.3 is 0 Å². The molecule has 124 valence electrons. The highest BCUT2D eigenvalue weighted by atomic mass is 35.5. The second kappa shape index (κ2) is 6.88. The van der Waals surface area contributed by atoms with E-state index in [0.717, 1.165) is 24.3 Å². The fourth-order valence-electron chi connectivity index (χ4n) is 3.01. The summed E-state index contributed by atoms with van der Waals surface area (Å²) in [5, 5.41) is 10.4. The quantitative estimate of drug-likeness (QED) is 0.668. The Morgan fingerprint density at radius 3 is 2.71 bits per heavy atom. The van der Waals surface area contributed by atoms with Gasteiger partial charge in [-0.25, -0.2) is 4.98 Å². The van der Waals surface area contributed by atoms with E-state index in [4.69, 9.17) is 11.6 Å². The van der Waals surface area contributed by atoms with E-state index in [1.165, 1.54) is 24.6 Å². The van der Waals surface area contributed by atoms with Gasteiger partial charge in [0.2, 0.25) is 0 Å². The fraction of sp³-hybridized carbons (Fsp3) is 0.353. The van der Waals surface area contributed by atoms with Gasteiger partial charge in [-0.15, -0.1) is 0 Å². The summed E-state index contributed by atoms with van der Waals surface area (Å²) in [5.74, 6) is 0. The van der Waals surface area contributed by atoms with Crippen molar-refractivity contribution in [1.82, 2.24) is 9.97 Å². The van der Waals surface area contributed by atoms with Crippen molar-refractivity contribution in [3.8, 4) is 17.3 Å². The minimum Gasteiger partial charge on any atom is -0.371 e. The second-order valence-corrected chi connectivity index (χ2v) is 6.85. The lowest BCUT2D eigenvalue weighted by Crippen LogP contribution is -2.19. The lowest BCUT2D eigenvalue weighted by Gasteiger charge is -2.22. The summed E-state index contributed by atoms with van der Waals surface area (Å²) < 4.78 is 0. The number of aromatic nitrogens is 2. The second-order valence-electron chi connectivity index (χ2n) is 5.68. The molecule has 1 fully saturated rings. The highest BCUT2D eigenvalue weighted by Crippen LogP contribution is 2.37. The van der Waals surface area contributed by atoms with Crippen LogP contribution in [0.15, 0.2) is 22.1 Å². The molecule has 24 heavy (non-hydrogen) atoms. The topological polar surface area (TPSA) is 72.8 Å². The van der Waals surface area contributed by atoms with Crippen LogP contribution in [0.5, 0.6) is 0 Å². The van der Waals surface area contributed by atoms with Gasteiger partial charge in [-0.05, 0) is 43.7 Å². The monoisotopic (exact) mass is 360 g/mol. The number of H-pyrrole nitrogens is 1. The van der Waals surface area contributed by atoms with Crippen LogP contribution in [0, 0.1) is 18.3 Å². The molecule has 1 N–H and O–H groups in total. The van der Waals surface area contributed by atoms with Crippen LogP contribution in [0.4, 0.5) is 5.69 Å². The van der Waals surface area contributed by atoms with Gasteiger partial charge in [0.05, 0.1) is 10.7 Å². The molecule has 1 saturated heterocycles. The molecule has 0 bridgehead atoms. The standard InChI is InChI=1S/C17H17ClN4OS/c1-10-13(22-7-3-4-8-22)6-5-11(14(10)18)15-12(9-19)16(23)21-17(20-15)24-2/h5-6H,3-4,7-8H2,1-2H3,(H,20,21,23). The Bertz CT molecular complexity index is 881. The van der Waals surface area contributed by atoms with Crippen LogP contribution in [0.2, 0.25) is 5.02 Å². The van der Waals surface area contributed by atoms with Gasteiger partial charge < -0.3 is 9.88 Å². The molecule has 7 heteroatoms. The molecule has 0 radical (unpaired) electrons. The molecule has 1 aliphatic rings. The molecule has 2 aromatic rings. The number of halogens is 1. The van der Waals surface area contributed by atoms with E-state index >= 15 is 0 Å². The molecule has 0 unspecified atom stereocenters. The number of anilines is 1. The molecule has 0 amide bonds. The lowest BCUT2D eigenvalue weighted by atomic mass is 10.0. The third kappa shape index (κ3) is 2.90. The molecule has 1 aromatic heterocycles. The summed E-state index contributed by atoms with van der Waals surface area (Å²) >= 11 is 7.91. The van der Waals surface area contributed by atoms with Gasteiger partial charge in [0.1, 0.15) is 11.6 Å². The molecular weight excluding hydrogens is 344 g/mol. The maximum absolute atomic E-state index is 12.1. The van der Waals surface area contributed by atoms with Crippen molar-refractivity contribution in [2.45, 2.75) is 24.9 Å². The summed E-state index contributed by atoms with van der Waals surface area (Å²) in [4.78, 5) is 21.4.